The first-order chi connectivity index (χ1) is 10.2. The second-order valence-electron chi connectivity index (χ2n) is 4.80. The molecule has 0 aliphatic heterocycles. The topological polar surface area (TPSA) is 34.1 Å². The lowest BCUT2D eigenvalue weighted by molar-refractivity contribution is 0.415. The van der Waals surface area contributed by atoms with Gasteiger partial charge in [-0.15, -0.1) is 0 Å². The number of fused-ring (bicyclic) bond motifs is 1. The molecule has 0 aliphatic rings. The minimum Gasteiger partial charge on any atom is -0.497 e. The first kappa shape index (κ1) is 13.9. The molecule has 0 saturated carbocycles. The highest BCUT2D eigenvalue weighted by Crippen LogP contribution is 2.31. The van der Waals surface area contributed by atoms with Gasteiger partial charge in [0.05, 0.1) is 12.6 Å². The molecule has 1 N–H and O–H groups in total. The van der Waals surface area contributed by atoms with Gasteiger partial charge in [0.25, 0.3) is 0 Å². The number of halogens is 1. The molecule has 1 aromatic heterocycles. The van der Waals surface area contributed by atoms with E-state index in [-0.39, 0.29) is 0 Å². The second kappa shape index (κ2) is 5.74. The number of hydrogen-bond donors (Lipinski definition) is 1. The van der Waals surface area contributed by atoms with Crippen LogP contribution in [-0.4, -0.2) is 12.1 Å². The van der Waals surface area contributed by atoms with Crippen LogP contribution in [0.4, 0.5) is 11.4 Å². The van der Waals surface area contributed by atoms with E-state index in [4.69, 9.17) is 4.74 Å². The number of aryl methyl sites for hydroxylation is 1. The van der Waals surface area contributed by atoms with Crippen molar-refractivity contribution in [2.24, 2.45) is 0 Å². The molecule has 0 atom stereocenters. The summed E-state index contributed by atoms with van der Waals surface area (Å²) >= 11 is 3.56. The summed E-state index contributed by atoms with van der Waals surface area (Å²) in [4.78, 5) is 4.60. The average Bonchev–Trinajstić information content (AvgIpc) is 2.48. The molecular formula is C17H15BrN2O. The molecular weight excluding hydrogens is 328 g/mol. The van der Waals surface area contributed by atoms with Gasteiger partial charge in [0.2, 0.25) is 0 Å². The van der Waals surface area contributed by atoms with E-state index >= 15 is 0 Å². The molecule has 106 valence electrons. The van der Waals surface area contributed by atoms with E-state index in [1.807, 2.05) is 49.4 Å². The molecule has 0 saturated heterocycles. The Hall–Kier alpha value is -2.07. The predicted octanol–water partition coefficient (Wildman–Crippen LogP) is 5.06. The number of aromatic nitrogens is 1. The zero-order chi connectivity index (χ0) is 14.8. The van der Waals surface area contributed by atoms with Crippen molar-refractivity contribution in [1.29, 1.82) is 0 Å². The predicted molar refractivity (Wildman–Crippen MR) is 90.5 cm³/mol. The molecule has 21 heavy (non-hydrogen) atoms. The zero-order valence-electron chi connectivity index (χ0n) is 11.9. The molecule has 3 rings (SSSR count). The summed E-state index contributed by atoms with van der Waals surface area (Å²) < 4.78 is 6.26. The molecule has 0 amide bonds. The van der Waals surface area contributed by atoms with E-state index in [1.54, 1.807) is 7.11 Å². The van der Waals surface area contributed by atoms with Gasteiger partial charge in [0.1, 0.15) is 5.75 Å². The number of nitrogens with zero attached hydrogens (tertiary/aromatic N) is 1. The molecule has 2 aromatic carbocycles. The van der Waals surface area contributed by atoms with Crippen LogP contribution < -0.4 is 10.1 Å². The van der Waals surface area contributed by atoms with E-state index in [1.165, 1.54) is 0 Å². The van der Waals surface area contributed by atoms with Crippen LogP contribution in [-0.2, 0) is 0 Å². The maximum atomic E-state index is 5.26. The van der Waals surface area contributed by atoms with Gasteiger partial charge in [0, 0.05) is 33.0 Å². The molecule has 0 spiro atoms. The van der Waals surface area contributed by atoms with Crippen LogP contribution in [0.15, 0.2) is 53.0 Å². The van der Waals surface area contributed by atoms with Crippen molar-refractivity contribution in [3.63, 3.8) is 0 Å². The van der Waals surface area contributed by atoms with Crippen molar-refractivity contribution in [3.8, 4) is 5.75 Å². The first-order valence-electron chi connectivity index (χ1n) is 6.64. The Morgan fingerprint density at radius 3 is 2.71 bits per heavy atom. The van der Waals surface area contributed by atoms with Crippen LogP contribution in [0.1, 0.15) is 5.69 Å². The maximum absolute atomic E-state index is 5.26. The number of hydrogen-bond acceptors (Lipinski definition) is 3. The third-order valence-corrected chi connectivity index (χ3v) is 3.91. The Kier molecular flexibility index (Phi) is 3.80. The largest absolute Gasteiger partial charge is 0.497 e. The van der Waals surface area contributed by atoms with Crippen LogP contribution in [0.2, 0.25) is 0 Å². The zero-order valence-corrected chi connectivity index (χ0v) is 13.4. The van der Waals surface area contributed by atoms with Gasteiger partial charge in [-0.3, -0.25) is 4.98 Å². The SMILES string of the molecule is COc1cccc(Nc2cc(C)nc3c(Br)cccc23)c1. The fourth-order valence-corrected chi connectivity index (χ4v) is 2.76. The maximum Gasteiger partial charge on any atom is 0.120 e. The summed E-state index contributed by atoms with van der Waals surface area (Å²) in [6.07, 6.45) is 0. The fraction of sp³-hybridized carbons (Fsp3) is 0.118. The Balaban J connectivity index is 2.09. The highest BCUT2D eigenvalue weighted by Gasteiger charge is 2.07. The smallest absolute Gasteiger partial charge is 0.120 e. The van der Waals surface area contributed by atoms with Gasteiger partial charge in [-0.25, -0.2) is 0 Å². The molecule has 0 radical (unpaired) electrons. The summed E-state index contributed by atoms with van der Waals surface area (Å²) in [5, 5.41) is 4.53. The number of nitrogens with one attached hydrogen (secondary N) is 1. The van der Waals surface area contributed by atoms with E-state index in [0.29, 0.717) is 0 Å². The van der Waals surface area contributed by atoms with E-state index in [0.717, 1.165) is 38.2 Å². The third kappa shape index (κ3) is 2.85. The van der Waals surface area contributed by atoms with E-state index < -0.39 is 0 Å². The van der Waals surface area contributed by atoms with Crippen molar-refractivity contribution in [2.45, 2.75) is 6.92 Å². The van der Waals surface area contributed by atoms with Crippen molar-refractivity contribution >= 4 is 38.2 Å². The molecule has 3 nitrogen and oxygen atoms in total. The number of benzene rings is 2. The number of rotatable bonds is 3. The average molecular weight is 343 g/mol. The molecule has 3 aromatic rings. The lowest BCUT2D eigenvalue weighted by atomic mass is 10.1. The van der Waals surface area contributed by atoms with Crippen molar-refractivity contribution < 1.29 is 4.74 Å². The number of methoxy groups -OCH3 is 1. The fourth-order valence-electron chi connectivity index (χ4n) is 2.30. The Morgan fingerprint density at radius 1 is 1.10 bits per heavy atom. The van der Waals surface area contributed by atoms with Gasteiger partial charge < -0.3 is 10.1 Å². The number of para-hydroxylation sites is 1. The van der Waals surface area contributed by atoms with E-state index in [9.17, 15) is 0 Å². The van der Waals surface area contributed by atoms with Gasteiger partial charge in [0.15, 0.2) is 0 Å². The minimum atomic E-state index is 0.830. The van der Waals surface area contributed by atoms with Gasteiger partial charge in [-0.05, 0) is 47.1 Å². The van der Waals surface area contributed by atoms with Crippen molar-refractivity contribution in [3.05, 3.63) is 58.7 Å². The normalized spacial score (nSPS) is 10.6. The van der Waals surface area contributed by atoms with Crippen LogP contribution in [0.5, 0.6) is 5.75 Å². The minimum absolute atomic E-state index is 0.830. The summed E-state index contributed by atoms with van der Waals surface area (Å²) in [6, 6.07) is 16.0. The number of ether oxygens (including phenoxy) is 1. The Labute approximate surface area is 132 Å². The van der Waals surface area contributed by atoms with E-state index in [2.05, 4.69) is 32.3 Å². The number of anilines is 2. The lowest BCUT2D eigenvalue weighted by Gasteiger charge is -2.12. The summed E-state index contributed by atoms with van der Waals surface area (Å²) in [6.45, 7) is 2.00. The second-order valence-corrected chi connectivity index (χ2v) is 5.66. The molecule has 0 unspecified atom stereocenters. The summed E-state index contributed by atoms with van der Waals surface area (Å²) in [7, 11) is 1.67. The lowest BCUT2D eigenvalue weighted by Crippen LogP contribution is -1.95. The Morgan fingerprint density at radius 2 is 1.90 bits per heavy atom. The molecule has 1 heterocycles. The van der Waals surface area contributed by atoms with Crippen LogP contribution >= 0.6 is 15.9 Å². The highest BCUT2D eigenvalue weighted by atomic mass is 79.9. The first-order valence-corrected chi connectivity index (χ1v) is 7.43. The Bertz CT molecular complexity index is 802. The third-order valence-electron chi connectivity index (χ3n) is 3.27. The molecule has 0 aliphatic carbocycles. The summed E-state index contributed by atoms with van der Waals surface area (Å²) in [5.41, 5.74) is 3.95. The highest BCUT2D eigenvalue weighted by molar-refractivity contribution is 9.10. The molecule has 4 heteroatoms. The molecule has 0 fully saturated rings. The monoisotopic (exact) mass is 342 g/mol. The molecule has 0 bridgehead atoms. The quantitative estimate of drug-likeness (QED) is 0.722. The van der Waals surface area contributed by atoms with Crippen LogP contribution in [0, 0.1) is 6.92 Å². The summed E-state index contributed by atoms with van der Waals surface area (Å²) in [5.74, 6) is 0.830. The van der Waals surface area contributed by atoms with Gasteiger partial charge in [-0.2, -0.15) is 0 Å². The van der Waals surface area contributed by atoms with Crippen LogP contribution in [0.25, 0.3) is 10.9 Å². The van der Waals surface area contributed by atoms with Crippen LogP contribution in [0.3, 0.4) is 0 Å². The standard InChI is InChI=1S/C17H15BrN2O/c1-11-9-16(14-7-4-8-15(18)17(14)19-11)20-12-5-3-6-13(10-12)21-2/h3-10H,1-2H3,(H,19,20). The van der Waals surface area contributed by atoms with Gasteiger partial charge >= 0.3 is 0 Å². The van der Waals surface area contributed by atoms with Crippen molar-refractivity contribution in [1.82, 2.24) is 4.98 Å². The van der Waals surface area contributed by atoms with Crippen molar-refractivity contribution in [2.75, 3.05) is 12.4 Å². The number of pyridine rings is 1. The van der Waals surface area contributed by atoms with Gasteiger partial charge in [-0.1, -0.05) is 18.2 Å².